The maximum atomic E-state index is 5.68. The van der Waals surface area contributed by atoms with E-state index in [2.05, 4.69) is 18.5 Å². The third kappa shape index (κ3) is 3.21. The number of hydrogen-bond donors (Lipinski definition) is 1. The molecular formula is C14H27NO2S. The second kappa shape index (κ2) is 7.13. The Balaban J connectivity index is 1.82. The average Bonchev–Trinajstić information content (AvgIpc) is 2.38. The van der Waals surface area contributed by atoms with Crippen LogP contribution in [0.5, 0.6) is 0 Å². The minimum absolute atomic E-state index is 0.245. The van der Waals surface area contributed by atoms with Crippen LogP contribution in [0.4, 0.5) is 0 Å². The van der Waals surface area contributed by atoms with E-state index in [1.54, 1.807) is 7.11 Å². The van der Waals surface area contributed by atoms with Crippen molar-refractivity contribution < 1.29 is 9.47 Å². The molecule has 18 heavy (non-hydrogen) atoms. The number of nitrogens with one attached hydrogen (secondary N) is 1. The van der Waals surface area contributed by atoms with Crippen LogP contribution >= 0.6 is 11.8 Å². The van der Waals surface area contributed by atoms with Crippen LogP contribution in [-0.4, -0.2) is 49.5 Å². The molecule has 0 saturated heterocycles. The summed E-state index contributed by atoms with van der Waals surface area (Å²) in [7, 11) is 1.80. The number of methoxy groups -OCH3 is 1. The van der Waals surface area contributed by atoms with Gasteiger partial charge in [-0.25, -0.2) is 0 Å². The van der Waals surface area contributed by atoms with E-state index in [9.17, 15) is 0 Å². The van der Waals surface area contributed by atoms with E-state index in [-0.39, 0.29) is 6.10 Å². The fourth-order valence-corrected chi connectivity index (χ4v) is 4.23. The van der Waals surface area contributed by atoms with E-state index in [4.69, 9.17) is 9.47 Å². The summed E-state index contributed by atoms with van der Waals surface area (Å²) in [6.45, 7) is 2.84. The second-order valence-corrected chi connectivity index (χ2v) is 6.44. The zero-order chi connectivity index (χ0) is 13.0. The minimum Gasteiger partial charge on any atom is -0.377 e. The predicted octanol–water partition coefficient (Wildman–Crippen LogP) is 2.44. The summed E-state index contributed by atoms with van der Waals surface area (Å²) < 4.78 is 11.3. The summed E-state index contributed by atoms with van der Waals surface area (Å²) in [6, 6.07) is 1.16. The first-order chi connectivity index (χ1) is 8.80. The van der Waals surface area contributed by atoms with Crippen molar-refractivity contribution in [2.75, 3.05) is 20.0 Å². The predicted molar refractivity (Wildman–Crippen MR) is 77.3 cm³/mol. The van der Waals surface area contributed by atoms with Gasteiger partial charge in [-0.05, 0) is 32.4 Å². The molecule has 0 radical (unpaired) electrons. The van der Waals surface area contributed by atoms with Crippen molar-refractivity contribution in [1.82, 2.24) is 5.32 Å². The average molecular weight is 273 g/mol. The van der Waals surface area contributed by atoms with Crippen molar-refractivity contribution in [3.8, 4) is 0 Å². The molecule has 5 atom stereocenters. The van der Waals surface area contributed by atoms with Gasteiger partial charge in [0.1, 0.15) is 0 Å². The number of hydrogen-bond acceptors (Lipinski definition) is 4. The van der Waals surface area contributed by atoms with Gasteiger partial charge >= 0.3 is 0 Å². The molecule has 2 rings (SSSR count). The van der Waals surface area contributed by atoms with Gasteiger partial charge in [0.15, 0.2) is 0 Å². The molecule has 0 bridgehead atoms. The quantitative estimate of drug-likeness (QED) is 0.805. The molecule has 2 fully saturated rings. The van der Waals surface area contributed by atoms with Crippen LogP contribution < -0.4 is 5.32 Å². The molecule has 2 aliphatic rings. The van der Waals surface area contributed by atoms with Gasteiger partial charge in [0.25, 0.3) is 0 Å². The monoisotopic (exact) mass is 273 g/mol. The molecule has 0 aromatic carbocycles. The van der Waals surface area contributed by atoms with Gasteiger partial charge in [0.2, 0.25) is 0 Å². The fourth-order valence-electron chi connectivity index (χ4n) is 3.28. The molecule has 5 unspecified atom stereocenters. The van der Waals surface area contributed by atoms with Crippen LogP contribution in [0.2, 0.25) is 0 Å². The standard InChI is InChI=1S/C14H27NO2S/c1-4-17-12-9-11(14(12)16-2)15-10-7-5-6-8-13(10)18-3/h10-15H,4-9H2,1-3H3. The van der Waals surface area contributed by atoms with Crippen molar-refractivity contribution in [3.05, 3.63) is 0 Å². The first-order valence-electron chi connectivity index (χ1n) is 7.23. The van der Waals surface area contributed by atoms with Gasteiger partial charge in [0, 0.05) is 31.1 Å². The van der Waals surface area contributed by atoms with Gasteiger partial charge in [-0.3, -0.25) is 0 Å². The van der Waals surface area contributed by atoms with Crippen LogP contribution in [0.3, 0.4) is 0 Å². The van der Waals surface area contributed by atoms with Crippen LogP contribution in [0.15, 0.2) is 0 Å². The smallest absolute Gasteiger partial charge is 0.0986 e. The Kier molecular flexibility index (Phi) is 5.80. The van der Waals surface area contributed by atoms with E-state index in [0.717, 1.165) is 18.3 Å². The summed E-state index contributed by atoms with van der Waals surface area (Å²) in [5.41, 5.74) is 0. The lowest BCUT2D eigenvalue weighted by Gasteiger charge is -2.46. The van der Waals surface area contributed by atoms with Crippen molar-refractivity contribution >= 4 is 11.8 Å². The highest BCUT2D eigenvalue weighted by atomic mass is 32.2. The molecule has 0 aromatic rings. The highest BCUT2D eigenvalue weighted by molar-refractivity contribution is 7.99. The van der Waals surface area contributed by atoms with Gasteiger partial charge in [-0.15, -0.1) is 0 Å². The Morgan fingerprint density at radius 3 is 2.67 bits per heavy atom. The van der Waals surface area contributed by atoms with Crippen molar-refractivity contribution in [1.29, 1.82) is 0 Å². The molecule has 3 nitrogen and oxygen atoms in total. The summed E-state index contributed by atoms with van der Waals surface area (Å²) >= 11 is 2.02. The zero-order valence-electron chi connectivity index (χ0n) is 11.9. The maximum Gasteiger partial charge on any atom is 0.0986 e. The van der Waals surface area contributed by atoms with Gasteiger partial charge < -0.3 is 14.8 Å². The lowest BCUT2D eigenvalue weighted by Crippen LogP contribution is -2.63. The summed E-state index contributed by atoms with van der Waals surface area (Å²) in [4.78, 5) is 0. The largest absolute Gasteiger partial charge is 0.377 e. The zero-order valence-corrected chi connectivity index (χ0v) is 12.7. The summed E-state index contributed by atoms with van der Waals surface area (Å²) in [6.07, 6.45) is 9.32. The third-order valence-electron chi connectivity index (χ3n) is 4.34. The van der Waals surface area contributed by atoms with Gasteiger partial charge in [-0.1, -0.05) is 12.8 Å². The molecule has 0 amide bonds. The van der Waals surface area contributed by atoms with Gasteiger partial charge in [0.05, 0.1) is 12.2 Å². The van der Waals surface area contributed by atoms with E-state index < -0.39 is 0 Å². The van der Waals surface area contributed by atoms with Crippen molar-refractivity contribution in [2.24, 2.45) is 0 Å². The number of thioether (sulfide) groups is 1. The molecule has 1 N–H and O–H groups in total. The topological polar surface area (TPSA) is 30.5 Å². The Hall–Kier alpha value is 0.230. The van der Waals surface area contributed by atoms with E-state index in [0.29, 0.717) is 18.2 Å². The maximum absolute atomic E-state index is 5.68. The number of rotatable bonds is 6. The molecule has 2 saturated carbocycles. The molecule has 4 heteroatoms. The SMILES string of the molecule is CCOC1CC(NC2CCCCC2SC)C1OC. The fraction of sp³-hybridized carbons (Fsp3) is 1.00. The summed E-state index contributed by atoms with van der Waals surface area (Å²) in [5, 5.41) is 4.60. The van der Waals surface area contributed by atoms with E-state index in [1.165, 1.54) is 25.7 Å². The first-order valence-corrected chi connectivity index (χ1v) is 8.52. The van der Waals surface area contributed by atoms with Crippen LogP contribution in [0.1, 0.15) is 39.0 Å². The lowest BCUT2D eigenvalue weighted by molar-refractivity contribution is -0.133. The van der Waals surface area contributed by atoms with E-state index >= 15 is 0 Å². The van der Waals surface area contributed by atoms with Crippen molar-refractivity contribution in [2.45, 2.75) is 68.6 Å². The highest BCUT2D eigenvalue weighted by Gasteiger charge is 2.43. The Morgan fingerprint density at radius 2 is 2.00 bits per heavy atom. The third-order valence-corrected chi connectivity index (χ3v) is 5.51. The van der Waals surface area contributed by atoms with Crippen molar-refractivity contribution in [3.63, 3.8) is 0 Å². The van der Waals surface area contributed by atoms with E-state index in [1.807, 2.05) is 11.8 Å². The van der Waals surface area contributed by atoms with Gasteiger partial charge in [-0.2, -0.15) is 11.8 Å². The molecule has 106 valence electrons. The Bertz CT molecular complexity index is 252. The Labute approximate surface area is 115 Å². The van der Waals surface area contributed by atoms with Crippen LogP contribution in [0.25, 0.3) is 0 Å². The molecular weight excluding hydrogens is 246 g/mol. The molecule has 0 heterocycles. The summed E-state index contributed by atoms with van der Waals surface area (Å²) in [5.74, 6) is 0. The normalized spacial score (nSPS) is 40.5. The molecule has 2 aliphatic carbocycles. The number of ether oxygens (including phenoxy) is 2. The first kappa shape index (κ1) is 14.6. The molecule has 0 spiro atoms. The second-order valence-electron chi connectivity index (χ2n) is 5.37. The molecule has 0 aliphatic heterocycles. The highest BCUT2D eigenvalue weighted by Crippen LogP contribution is 2.32. The van der Waals surface area contributed by atoms with Crippen LogP contribution in [0, 0.1) is 0 Å². The minimum atomic E-state index is 0.245. The van der Waals surface area contributed by atoms with Crippen LogP contribution in [-0.2, 0) is 9.47 Å². The lowest BCUT2D eigenvalue weighted by atomic mass is 9.83. The molecule has 0 aromatic heterocycles. The Morgan fingerprint density at radius 1 is 1.22 bits per heavy atom.